The maximum absolute atomic E-state index is 10.4. The highest BCUT2D eigenvalue weighted by atomic mass is 32.2. The first-order valence-corrected chi connectivity index (χ1v) is 9.23. The van der Waals surface area contributed by atoms with Crippen LogP contribution in [0.3, 0.4) is 0 Å². The minimum atomic E-state index is -0.311. The summed E-state index contributed by atoms with van der Waals surface area (Å²) in [4.78, 5) is 16.9. The summed E-state index contributed by atoms with van der Waals surface area (Å²) in [5, 5.41) is 19.8. The summed E-state index contributed by atoms with van der Waals surface area (Å²) in [5.74, 6) is 1.96. The van der Waals surface area contributed by atoms with E-state index in [1.807, 2.05) is 25.9 Å². The Hall–Kier alpha value is -0.740. The fraction of sp³-hybridized carbons (Fsp3) is 0.769. The monoisotopic (exact) mass is 347 g/mol. The zero-order chi connectivity index (χ0) is 16.4. The van der Waals surface area contributed by atoms with Crippen molar-refractivity contribution in [2.75, 3.05) is 45.7 Å². The molecule has 0 saturated heterocycles. The first kappa shape index (κ1) is 19.3. The van der Waals surface area contributed by atoms with Crippen LogP contribution in [-0.4, -0.2) is 66.7 Å². The van der Waals surface area contributed by atoms with Crippen LogP contribution in [0.1, 0.15) is 10.7 Å². The second-order valence-electron chi connectivity index (χ2n) is 5.14. The van der Waals surface area contributed by atoms with Gasteiger partial charge in [0.1, 0.15) is 11.2 Å². The number of aromatic nitrogens is 1. The van der Waals surface area contributed by atoms with E-state index in [1.165, 1.54) is 0 Å². The summed E-state index contributed by atoms with van der Waals surface area (Å²) in [6, 6.07) is 0. The fourth-order valence-corrected chi connectivity index (χ4v) is 3.56. The summed E-state index contributed by atoms with van der Waals surface area (Å²) in [5.41, 5.74) is 1.16. The van der Waals surface area contributed by atoms with Gasteiger partial charge in [-0.05, 0) is 33.3 Å². The smallest absolute Gasteiger partial charge is 0.231 e. The molecule has 0 bridgehead atoms. The number of thioether (sulfide) groups is 1. The predicted octanol–water partition coefficient (Wildman–Crippen LogP) is 0.892. The Bertz CT molecular complexity index is 442. The van der Waals surface area contributed by atoms with Gasteiger partial charge in [-0.3, -0.25) is 20.7 Å². The van der Waals surface area contributed by atoms with Crippen molar-refractivity contribution in [2.45, 2.75) is 19.1 Å². The van der Waals surface area contributed by atoms with Gasteiger partial charge in [-0.25, -0.2) is 4.98 Å². The first-order chi connectivity index (χ1) is 10.5. The molecule has 0 aliphatic rings. The average Bonchev–Trinajstić information content (AvgIpc) is 2.87. The van der Waals surface area contributed by atoms with E-state index < -0.39 is 0 Å². The molecule has 9 heteroatoms. The van der Waals surface area contributed by atoms with Crippen molar-refractivity contribution in [3.63, 3.8) is 0 Å². The molecular weight excluding hydrogens is 322 g/mol. The Labute approximate surface area is 140 Å². The number of nitrogens with zero attached hydrogens (tertiary/aromatic N) is 3. The molecule has 0 radical (unpaired) electrons. The molecular formula is C13H25N5O2S2. The number of thiazole rings is 1. The lowest BCUT2D eigenvalue weighted by Gasteiger charge is -2.13. The van der Waals surface area contributed by atoms with Gasteiger partial charge in [0.05, 0.1) is 5.69 Å². The van der Waals surface area contributed by atoms with E-state index in [4.69, 9.17) is 0 Å². The summed E-state index contributed by atoms with van der Waals surface area (Å²) in [6.45, 7) is 1.55. The Balaban J connectivity index is 2.10. The maximum Gasteiger partial charge on any atom is 0.231 e. The zero-order valence-electron chi connectivity index (χ0n) is 13.4. The van der Waals surface area contributed by atoms with Crippen LogP contribution in [0.4, 0.5) is 0 Å². The molecule has 0 fully saturated rings. The van der Waals surface area contributed by atoms with Crippen LogP contribution in [-0.2, 0) is 13.0 Å². The standard InChI is InChI=1S/C13H25N5O2S2/c1-14-12(8-18(19)20)15-5-7-21-6-4-11-10-22-13(16-11)9-17(2)3/h10,12,14-15H,4-9H2,1-3H3. The molecule has 0 aromatic carbocycles. The van der Waals surface area contributed by atoms with Crippen molar-refractivity contribution in [1.82, 2.24) is 20.5 Å². The zero-order valence-corrected chi connectivity index (χ0v) is 15.0. The number of nitro groups is 1. The lowest BCUT2D eigenvalue weighted by atomic mass is 10.4. The number of aryl methyl sites for hydroxylation is 1. The van der Waals surface area contributed by atoms with Crippen LogP contribution in [0.15, 0.2) is 5.38 Å². The topological polar surface area (TPSA) is 83.3 Å². The second-order valence-corrected chi connectivity index (χ2v) is 7.31. The predicted molar refractivity (Wildman–Crippen MR) is 93.2 cm³/mol. The Morgan fingerprint density at radius 1 is 1.50 bits per heavy atom. The molecule has 0 amide bonds. The number of hydrogen-bond acceptors (Lipinski definition) is 8. The van der Waals surface area contributed by atoms with Gasteiger partial charge in [-0.2, -0.15) is 11.8 Å². The molecule has 0 aliphatic carbocycles. The maximum atomic E-state index is 10.4. The molecule has 1 rings (SSSR count). The van der Waals surface area contributed by atoms with Gasteiger partial charge in [0.25, 0.3) is 0 Å². The summed E-state index contributed by atoms with van der Waals surface area (Å²) in [7, 11) is 5.81. The summed E-state index contributed by atoms with van der Waals surface area (Å²) < 4.78 is 0. The third-order valence-electron chi connectivity index (χ3n) is 2.87. The molecule has 0 aliphatic heterocycles. The third-order valence-corrected chi connectivity index (χ3v) is 4.74. The van der Waals surface area contributed by atoms with Crippen LogP contribution in [0.2, 0.25) is 0 Å². The molecule has 22 heavy (non-hydrogen) atoms. The van der Waals surface area contributed by atoms with Crippen LogP contribution < -0.4 is 10.6 Å². The number of hydrogen-bond donors (Lipinski definition) is 2. The van der Waals surface area contributed by atoms with Crippen LogP contribution in [0.5, 0.6) is 0 Å². The molecule has 1 atom stereocenters. The first-order valence-electron chi connectivity index (χ1n) is 7.19. The fourth-order valence-electron chi connectivity index (χ4n) is 1.80. The Morgan fingerprint density at radius 3 is 2.91 bits per heavy atom. The molecule has 126 valence electrons. The van der Waals surface area contributed by atoms with Crippen molar-refractivity contribution >= 4 is 23.1 Å². The molecule has 1 unspecified atom stereocenters. The Morgan fingerprint density at radius 2 is 2.27 bits per heavy atom. The normalized spacial score (nSPS) is 12.7. The van der Waals surface area contributed by atoms with E-state index in [1.54, 1.807) is 18.4 Å². The van der Waals surface area contributed by atoms with Crippen molar-refractivity contribution in [3.8, 4) is 0 Å². The average molecular weight is 348 g/mol. The van der Waals surface area contributed by atoms with Gasteiger partial charge < -0.3 is 4.90 Å². The number of nitrogens with one attached hydrogen (secondary N) is 2. The lowest BCUT2D eigenvalue weighted by Crippen LogP contribution is -2.46. The highest BCUT2D eigenvalue weighted by molar-refractivity contribution is 7.99. The van der Waals surface area contributed by atoms with E-state index in [-0.39, 0.29) is 17.6 Å². The van der Waals surface area contributed by atoms with Gasteiger partial charge >= 0.3 is 0 Å². The SMILES string of the molecule is CNC(C[N+](=O)[O-])NCCSCCc1csc(CN(C)C)n1. The van der Waals surface area contributed by atoms with E-state index in [0.717, 1.165) is 41.7 Å². The molecule has 1 heterocycles. The Kier molecular flexibility index (Phi) is 9.56. The molecule has 2 N–H and O–H groups in total. The van der Waals surface area contributed by atoms with E-state index in [9.17, 15) is 10.1 Å². The van der Waals surface area contributed by atoms with Gasteiger partial charge in [-0.1, -0.05) is 0 Å². The summed E-state index contributed by atoms with van der Waals surface area (Å²) in [6.07, 6.45) is 0.710. The molecule has 0 saturated carbocycles. The largest absolute Gasteiger partial charge is 0.303 e. The van der Waals surface area contributed by atoms with Gasteiger partial charge in [0, 0.05) is 29.1 Å². The van der Waals surface area contributed by atoms with Crippen molar-refractivity contribution in [2.24, 2.45) is 0 Å². The van der Waals surface area contributed by atoms with E-state index >= 15 is 0 Å². The van der Waals surface area contributed by atoms with Crippen molar-refractivity contribution in [1.29, 1.82) is 0 Å². The molecule has 7 nitrogen and oxygen atoms in total. The van der Waals surface area contributed by atoms with E-state index in [0.29, 0.717) is 0 Å². The van der Waals surface area contributed by atoms with Gasteiger partial charge in [0.2, 0.25) is 6.54 Å². The minimum Gasteiger partial charge on any atom is -0.303 e. The van der Waals surface area contributed by atoms with Crippen molar-refractivity contribution in [3.05, 3.63) is 26.2 Å². The van der Waals surface area contributed by atoms with Gasteiger partial charge in [0.15, 0.2) is 0 Å². The number of likely N-dealkylation sites (N-methyl/N-ethyl adjacent to an activating group) is 1. The van der Waals surface area contributed by atoms with Crippen LogP contribution in [0.25, 0.3) is 0 Å². The highest BCUT2D eigenvalue weighted by Crippen LogP contribution is 2.13. The molecule has 1 aromatic rings. The second kappa shape index (κ2) is 10.9. The lowest BCUT2D eigenvalue weighted by molar-refractivity contribution is -0.484. The van der Waals surface area contributed by atoms with Gasteiger partial charge in [-0.15, -0.1) is 11.3 Å². The minimum absolute atomic E-state index is 0.103. The van der Waals surface area contributed by atoms with Crippen molar-refractivity contribution < 1.29 is 4.92 Å². The van der Waals surface area contributed by atoms with E-state index in [2.05, 4.69) is 25.9 Å². The highest BCUT2D eigenvalue weighted by Gasteiger charge is 2.11. The van der Waals surface area contributed by atoms with Crippen LogP contribution in [0, 0.1) is 10.1 Å². The molecule has 0 spiro atoms. The quantitative estimate of drug-likeness (QED) is 0.251. The molecule has 1 aromatic heterocycles. The summed E-state index contributed by atoms with van der Waals surface area (Å²) >= 11 is 3.55. The third kappa shape index (κ3) is 8.64. The number of rotatable bonds is 12. The van der Waals surface area contributed by atoms with Crippen LogP contribution >= 0.6 is 23.1 Å².